The summed E-state index contributed by atoms with van der Waals surface area (Å²) in [5.74, 6) is 0. The van der Waals surface area contributed by atoms with Crippen molar-refractivity contribution in [1.29, 1.82) is 0 Å². The van der Waals surface area contributed by atoms with E-state index in [9.17, 15) is 5.11 Å². The molecule has 1 nitrogen and oxygen atoms in total. The minimum absolute atomic E-state index is 0.376. The average Bonchev–Trinajstić information content (AvgIpc) is 2.78. The van der Waals surface area contributed by atoms with E-state index in [0.717, 1.165) is 8.66 Å². The highest BCUT2D eigenvalue weighted by molar-refractivity contribution is 9.11. The molecule has 0 aromatic carbocycles. The average molecular weight is 303 g/mol. The molecular formula is C11H11BrOS2. The van der Waals surface area contributed by atoms with Crippen molar-refractivity contribution < 1.29 is 5.11 Å². The van der Waals surface area contributed by atoms with Gasteiger partial charge < -0.3 is 5.11 Å². The minimum atomic E-state index is -0.376. The predicted octanol–water partition coefficient (Wildman–Crippen LogP) is 4.16. The maximum absolute atomic E-state index is 10.0. The number of aryl methyl sites for hydroxylation is 1. The van der Waals surface area contributed by atoms with Gasteiger partial charge in [0.05, 0.1) is 9.89 Å². The van der Waals surface area contributed by atoms with Crippen molar-refractivity contribution in [1.82, 2.24) is 0 Å². The molecule has 0 saturated heterocycles. The predicted molar refractivity (Wildman–Crippen MR) is 69.7 cm³/mol. The van der Waals surface area contributed by atoms with E-state index in [-0.39, 0.29) is 6.10 Å². The largest absolute Gasteiger partial charge is 0.387 e. The van der Waals surface area contributed by atoms with Crippen molar-refractivity contribution in [2.24, 2.45) is 0 Å². The Bertz CT molecular complexity index is 414. The Morgan fingerprint density at radius 1 is 1.53 bits per heavy atom. The van der Waals surface area contributed by atoms with E-state index >= 15 is 0 Å². The molecule has 2 aromatic heterocycles. The lowest BCUT2D eigenvalue weighted by Crippen LogP contribution is -1.97. The Labute approximate surface area is 106 Å². The zero-order valence-electron chi connectivity index (χ0n) is 8.24. The Hall–Kier alpha value is -0.160. The van der Waals surface area contributed by atoms with Gasteiger partial charge in [0, 0.05) is 16.2 Å². The van der Waals surface area contributed by atoms with E-state index < -0.39 is 0 Å². The molecule has 0 amide bonds. The summed E-state index contributed by atoms with van der Waals surface area (Å²) in [6.07, 6.45) is 0.336. The zero-order chi connectivity index (χ0) is 10.8. The lowest BCUT2D eigenvalue weighted by atomic mass is 10.2. The standard InChI is InChI=1S/C11H11BrOS2/c1-7-5-10(15-11(7)12)9(13)6-8-3-2-4-14-8/h2-5,9,13H,6H2,1H3. The van der Waals surface area contributed by atoms with Gasteiger partial charge in [0.15, 0.2) is 0 Å². The summed E-state index contributed by atoms with van der Waals surface area (Å²) in [5.41, 5.74) is 1.19. The molecule has 0 spiro atoms. The molecule has 15 heavy (non-hydrogen) atoms. The maximum Gasteiger partial charge on any atom is 0.0930 e. The smallest absolute Gasteiger partial charge is 0.0930 e. The van der Waals surface area contributed by atoms with Gasteiger partial charge in [-0.25, -0.2) is 0 Å². The molecule has 2 heterocycles. The SMILES string of the molecule is Cc1cc(C(O)Cc2cccs2)sc1Br. The number of hydrogen-bond acceptors (Lipinski definition) is 3. The van der Waals surface area contributed by atoms with E-state index in [1.165, 1.54) is 10.4 Å². The molecule has 0 bridgehead atoms. The molecule has 80 valence electrons. The monoisotopic (exact) mass is 302 g/mol. The van der Waals surface area contributed by atoms with Crippen molar-refractivity contribution in [2.45, 2.75) is 19.4 Å². The molecule has 1 atom stereocenters. The highest BCUT2D eigenvalue weighted by Gasteiger charge is 2.13. The highest BCUT2D eigenvalue weighted by atomic mass is 79.9. The molecule has 2 rings (SSSR count). The molecule has 1 unspecified atom stereocenters. The van der Waals surface area contributed by atoms with Gasteiger partial charge >= 0.3 is 0 Å². The molecule has 0 aliphatic heterocycles. The normalized spacial score (nSPS) is 13.0. The summed E-state index contributed by atoms with van der Waals surface area (Å²) >= 11 is 6.78. The number of aliphatic hydroxyl groups is 1. The van der Waals surface area contributed by atoms with Gasteiger partial charge in [-0.05, 0) is 45.9 Å². The van der Waals surface area contributed by atoms with E-state index in [1.54, 1.807) is 22.7 Å². The maximum atomic E-state index is 10.0. The zero-order valence-corrected chi connectivity index (χ0v) is 11.5. The first-order chi connectivity index (χ1) is 7.16. The third-order valence-electron chi connectivity index (χ3n) is 2.18. The number of hydrogen-bond donors (Lipinski definition) is 1. The van der Waals surface area contributed by atoms with Crippen LogP contribution in [0.1, 0.15) is 21.4 Å². The van der Waals surface area contributed by atoms with Gasteiger partial charge in [0.2, 0.25) is 0 Å². The van der Waals surface area contributed by atoms with E-state index in [1.807, 2.05) is 24.4 Å². The van der Waals surface area contributed by atoms with Gasteiger partial charge in [0.1, 0.15) is 0 Å². The molecule has 0 radical (unpaired) electrons. The molecular weight excluding hydrogens is 292 g/mol. The van der Waals surface area contributed by atoms with E-state index in [4.69, 9.17) is 0 Å². The van der Waals surface area contributed by atoms with Gasteiger partial charge in [-0.15, -0.1) is 22.7 Å². The quantitative estimate of drug-likeness (QED) is 0.903. The minimum Gasteiger partial charge on any atom is -0.387 e. The van der Waals surface area contributed by atoms with Crippen LogP contribution in [0.5, 0.6) is 0 Å². The van der Waals surface area contributed by atoms with Crippen LogP contribution in [0.25, 0.3) is 0 Å². The first-order valence-electron chi connectivity index (χ1n) is 4.63. The summed E-state index contributed by atoms with van der Waals surface area (Å²) in [5, 5.41) is 12.1. The van der Waals surface area contributed by atoms with Crippen LogP contribution in [0.3, 0.4) is 0 Å². The Morgan fingerprint density at radius 2 is 2.33 bits per heavy atom. The van der Waals surface area contributed by atoms with Crippen molar-refractivity contribution in [2.75, 3.05) is 0 Å². The Kier molecular flexibility index (Phi) is 3.61. The molecule has 0 saturated carbocycles. The van der Waals surface area contributed by atoms with Crippen LogP contribution in [0.15, 0.2) is 27.4 Å². The molecule has 1 N–H and O–H groups in total. The van der Waals surface area contributed by atoms with Crippen LogP contribution in [-0.4, -0.2) is 5.11 Å². The van der Waals surface area contributed by atoms with Gasteiger partial charge in [0.25, 0.3) is 0 Å². The van der Waals surface area contributed by atoms with Crippen LogP contribution in [0, 0.1) is 6.92 Å². The molecule has 0 fully saturated rings. The second-order valence-electron chi connectivity index (χ2n) is 3.40. The van der Waals surface area contributed by atoms with Gasteiger partial charge in [-0.3, -0.25) is 0 Å². The van der Waals surface area contributed by atoms with Crippen molar-refractivity contribution in [3.05, 3.63) is 42.7 Å². The van der Waals surface area contributed by atoms with Crippen molar-refractivity contribution >= 4 is 38.6 Å². The summed E-state index contributed by atoms with van der Waals surface area (Å²) in [6, 6.07) is 6.12. The van der Waals surface area contributed by atoms with Gasteiger partial charge in [-0.1, -0.05) is 6.07 Å². The second-order valence-corrected chi connectivity index (χ2v) is 6.84. The van der Waals surface area contributed by atoms with Crippen LogP contribution < -0.4 is 0 Å². The Morgan fingerprint density at radius 3 is 2.87 bits per heavy atom. The Balaban J connectivity index is 2.11. The highest BCUT2D eigenvalue weighted by Crippen LogP contribution is 2.33. The third kappa shape index (κ3) is 2.69. The second kappa shape index (κ2) is 4.78. The van der Waals surface area contributed by atoms with E-state index in [2.05, 4.69) is 22.0 Å². The van der Waals surface area contributed by atoms with Crippen LogP contribution in [0.4, 0.5) is 0 Å². The fourth-order valence-electron chi connectivity index (χ4n) is 1.37. The fourth-order valence-corrected chi connectivity index (χ4v) is 3.67. The molecule has 0 aliphatic rings. The molecule has 4 heteroatoms. The number of aliphatic hydroxyl groups excluding tert-OH is 1. The summed E-state index contributed by atoms with van der Waals surface area (Å²) in [4.78, 5) is 2.26. The number of halogens is 1. The number of thiophene rings is 2. The topological polar surface area (TPSA) is 20.2 Å². The first-order valence-corrected chi connectivity index (χ1v) is 7.12. The van der Waals surface area contributed by atoms with Crippen LogP contribution in [-0.2, 0) is 6.42 Å². The lowest BCUT2D eigenvalue weighted by molar-refractivity contribution is 0.183. The molecule has 2 aromatic rings. The summed E-state index contributed by atoms with van der Waals surface area (Å²) in [7, 11) is 0. The number of rotatable bonds is 3. The van der Waals surface area contributed by atoms with Crippen molar-refractivity contribution in [3.63, 3.8) is 0 Å². The van der Waals surface area contributed by atoms with Crippen LogP contribution >= 0.6 is 38.6 Å². The van der Waals surface area contributed by atoms with E-state index in [0.29, 0.717) is 6.42 Å². The fraction of sp³-hybridized carbons (Fsp3) is 0.273. The van der Waals surface area contributed by atoms with Crippen LogP contribution in [0.2, 0.25) is 0 Å². The third-order valence-corrected chi connectivity index (χ3v) is 5.32. The lowest BCUT2D eigenvalue weighted by Gasteiger charge is -2.05. The van der Waals surface area contributed by atoms with Gasteiger partial charge in [-0.2, -0.15) is 0 Å². The molecule has 0 aliphatic carbocycles. The van der Waals surface area contributed by atoms with Crippen molar-refractivity contribution in [3.8, 4) is 0 Å². The summed E-state index contributed by atoms with van der Waals surface area (Å²) in [6.45, 7) is 2.04. The first kappa shape index (κ1) is 11.3. The summed E-state index contributed by atoms with van der Waals surface area (Å²) < 4.78 is 1.11.